The average Bonchev–Trinajstić information content (AvgIpc) is 2.62. The van der Waals surface area contributed by atoms with Crippen LogP contribution in [-0.4, -0.2) is 50.6 Å². The molecule has 0 bridgehead atoms. The Hall–Kier alpha value is -1.60. The molecule has 1 fully saturated rings. The van der Waals surface area contributed by atoms with Crippen molar-refractivity contribution in [2.24, 2.45) is 0 Å². The second kappa shape index (κ2) is 5.18. The maximum Gasteiger partial charge on any atom is 0.156 e. The number of aliphatic hydroxyl groups excluding tert-OH is 1. The predicted octanol–water partition coefficient (Wildman–Crippen LogP) is 0.0444. The molecular weight excluding hydrogens is 272 g/mol. The summed E-state index contributed by atoms with van der Waals surface area (Å²) in [6, 6.07) is 4.59. The van der Waals surface area contributed by atoms with Crippen LogP contribution in [0.2, 0.25) is 0 Å². The van der Waals surface area contributed by atoms with Crippen LogP contribution in [0.25, 0.3) is 0 Å². The Morgan fingerprint density at radius 1 is 1.37 bits per heavy atom. The first-order chi connectivity index (χ1) is 8.95. The van der Waals surface area contributed by atoms with Gasteiger partial charge in [-0.25, -0.2) is 8.42 Å². The Morgan fingerprint density at radius 2 is 2.11 bits per heavy atom. The van der Waals surface area contributed by atoms with E-state index in [4.69, 9.17) is 9.47 Å². The number of rotatable bonds is 4. The third-order valence-corrected chi connectivity index (χ3v) is 4.58. The highest BCUT2D eigenvalue weighted by atomic mass is 32.2. The standard InChI is InChI=1S/C12H14O6S/c1-17-9-3-2-8(5-13)11(4-9)18-12-7-19(15,16)6-10(12)14/h2-5,10,12,14H,6-7H2,1H3. The van der Waals surface area contributed by atoms with Gasteiger partial charge in [0, 0.05) is 6.07 Å². The molecule has 1 N–H and O–H groups in total. The van der Waals surface area contributed by atoms with Crippen LogP contribution in [0.15, 0.2) is 18.2 Å². The van der Waals surface area contributed by atoms with Crippen LogP contribution in [0.5, 0.6) is 11.5 Å². The Kier molecular flexibility index (Phi) is 3.77. The van der Waals surface area contributed by atoms with Crippen molar-refractivity contribution in [2.75, 3.05) is 18.6 Å². The number of aliphatic hydroxyl groups is 1. The summed E-state index contributed by atoms with van der Waals surface area (Å²) < 4.78 is 33.2. The number of benzene rings is 1. The number of methoxy groups -OCH3 is 1. The van der Waals surface area contributed by atoms with Gasteiger partial charge in [-0.05, 0) is 12.1 Å². The number of hydrogen-bond donors (Lipinski definition) is 1. The van der Waals surface area contributed by atoms with E-state index in [1.54, 1.807) is 6.07 Å². The minimum absolute atomic E-state index is 0.204. The molecule has 0 aromatic heterocycles. The fraction of sp³-hybridized carbons (Fsp3) is 0.417. The van der Waals surface area contributed by atoms with Gasteiger partial charge in [0.25, 0.3) is 0 Å². The van der Waals surface area contributed by atoms with Gasteiger partial charge in [0.05, 0.1) is 24.2 Å². The van der Waals surface area contributed by atoms with Gasteiger partial charge in [-0.15, -0.1) is 0 Å². The van der Waals surface area contributed by atoms with Crippen LogP contribution in [0.3, 0.4) is 0 Å². The number of carbonyl (C=O) groups is 1. The molecule has 0 radical (unpaired) electrons. The normalized spacial score (nSPS) is 24.9. The summed E-state index contributed by atoms with van der Waals surface area (Å²) in [5.41, 5.74) is 0.275. The SMILES string of the molecule is COc1ccc(C=O)c(OC2CS(=O)(=O)CC2O)c1. The molecule has 2 unspecified atom stereocenters. The van der Waals surface area contributed by atoms with E-state index in [1.807, 2.05) is 0 Å². The van der Waals surface area contributed by atoms with E-state index in [-0.39, 0.29) is 22.8 Å². The van der Waals surface area contributed by atoms with Crippen molar-refractivity contribution in [2.45, 2.75) is 12.2 Å². The van der Waals surface area contributed by atoms with E-state index in [9.17, 15) is 18.3 Å². The number of hydrogen-bond acceptors (Lipinski definition) is 6. The quantitative estimate of drug-likeness (QED) is 0.786. The van der Waals surface area contributed by atoms with Crippen LogP contribution < -0.4 is 9.47 Å². The first-order valence-corrected chi connectivity index (χ1v) is 7.45. The molecule has 1 aromatic rings. The van der Waals surface area contributed by atoms with Gasteiger partial charge >= 0.3 is 0 Å². The van der Waals surface area contributed by atoms with E-state index in [1.165, 1.54) is 19.2 Å². The topological polar surface area (TPSA) is 89.9 Å². The molecule has 0 aliphatic carbocycles. The summed E-state index contributed by atoms with van der Waals surface area (Å²) in [5, 5.41) is 9.65. The lowest BCUT2D eigenvalue weighted by molar-refractivity contribution is 0.0727. The molecule has 0 saturated carbocycles. The molecule has 1 aromatic carbocycles. The van der Waals surface area contributed by atoms with E-state index in [2.05, 4.69) is 0 Å². The van der Waals surface area contributed by atoms with Gasteiger partial charge in [-0.1, -0.05) is 0 Å². The van der Waals surface area contributed by atoms with Gasteiger partial charge in [0.15, 0.2) is 16.1 Å². The molecule has 0 spiro atoms. The number of ether oxygens (including phenoxy) is 2. The Morgan fingerprint density at radius 3 is 2.63 bits per heavy atom. The first-order valence-electron chi connectivity index (χ1n) is 5.63. The Labute approximate surface area is 110 Å². The molecule has 19 heavy (non-hydrogen) atoms. The Bertz CT molecular complexity index is 580. The van der Waals surface area contributed by atoms with Crippen molar-refractivity contribution >= 4 is 16.1 Å². The molecule has 2 rings (SSSR count). The molecule has 0 amide bonds. The van der Waals surface area contributed by atoms with Crippen molar-refractivity contribution in [3.05, 3.63) is 23.8 Å². The van der Waals surface area contributed by atoms with Crippen molar-refractivity contribution in [1.82, 2.24) is 0 Å². The van der Waals surface area contributed by atoms with Crippen molar-refractivity contribution < 1.29 is 27.8 Å². The summed E-state index contributed by atoms with van der Waals surface area (Å²) in [6.07, 6.45) is -1.35. The van der Waals surface area contributed by atoms with E-state index in [0.717, 1.165) is 0 Å². The van der Waals surface area contributed by atoms with Gasteiger partial charge in [0.2, 0.25) is 0 Å². The zero-order valence-corrected chi connectivity index (χ0v) is 11.1. The first kappa shape index (κ1) is 13.8. The lowest BCUT2D eigenvalue weighted by Gasteiger charge is -2.17. The lowest BCUT2D eigenvalue weighted by atomic mass is 10.2. The molecule has 1 aliphatic rings. The third kappa shape index (κ3) is 3.05. The zero-order chi connectivity index (χ0) is 14.0. The number of carbonyl (C=O) groups excluding carboxylic acids is 1. The van der Waals surface area contributed by atoms with E-state index in [0.29, 0.717) is 12.0 Å². The van der Waals surface area contributed by atoms with Crippen LogP contribution in [-0.2, 0) is 9.84 Å². The highest BCUT2D eigenvalue weighted by molar-refractivity contribution is 7.91. The fourth-order valence-electron chi connectivity index (χ4n) is 1.91. The largest absolute Gasteiger partial charge is 0.497 e. The smallest absolute Gasteiger partial charge is 0.156 e. The zero-order valence-electron chi connectivity index (χ0n) is 10.3. The summed E-state index contributed by atoms with van der Waals surface area (Å²) >= 11 is 0. The van der Waals surface area contributed by atoms with Crippen LogP contribution >= 0.6 is 0 Å². The molecule has 7 heteroatoms. The van der Waals surface area contributed by atoms with Crippen molar-refractivity contribution in [3.8, 4) is 11.5 Å². The number of aldehydes is 1. The summed E-state index contributed by atoms with van der Waals surface area (Å²) in [6.45, 7) is 0. The van der Waals surface area contributed by atoms with Crippen LogP contribution in [0.1, 0.15) is 10.4 Å². The number of sulfone groups is 1. The fourth-order valence-corrected chi connectivity index (χ4v) is 3.58. The van der Waals surface area contributed by atoms with E-state index < -0.39 is 22.0 Å². The molecular formula is C12H14O6S. The summed E-state index contributed by atoms with van der Waals surface area (Å²) in [4.78, 5) is 10.9. The summed E-state index contributed by atoms with van der Waals surface area (Å²) in [5.74, 6) is 0.105. The highest BCUT2D eigenvalue weighted by Gasteiger charge is 2.38. The Balaban J connectivity index is 2.25. The minimum atomic E-state index is -3.29. The molecule has 1 heterocycles. The van der Waals surface area contributed by atoms with E-state index >= 15 is 0 Å². The molecule has 1 aliphatic heterocycles. The van der Waals surface area contributed by atoms with Gasteiger partial charge in [-0.2, -0.15) is 0 Å². The molecule has 104 valence electrons. The van der Waals surface area contributed by atoms with Gasteiger partial charge < -0.3 is 14.6 Å². The average molecular weight is 286 g/mol. The van der Waals surface area contributed by atoms with Crippen LogP contribution in [0, 0.1) is 0 Å². The van der Waals surface area contributed by atoms with Crippen molar-refractivity contribution in [3.63, 3.8) is 0 Å². The van der Waals surface area contributed by atoms with Gasteiger partial charge in [0.1, 0.15) is 23.7 Å². The third-order valence-electron chi connectivity index (χ3n) is 2.90. The summed E-state index contributed by atoms with van der Waals surface area (Å²) in [7, 11) is -1.83. The van der Waals surface area contributed by atoms with Crippen LogP contribution in [0.4, 0.5) is 0 Å². The monoisotopic (exact) mass is 286 g/mol. The second-order valence-electron chi connectivity index (χ2n) is 4.32. The predicted molar refractivity (Wildman–Crippen MR) is 67.5 cm³/mol. The maximum atomic E-state index is 11.4. The molecule has 1 saturated heterocycles. The second-order valence-corrected chi connectivity index (χ2v) is 6.48. The van der Waals surface area contributed by atoms with Crippen molar-refractivity contribution in [1.29, 1.82) is 0 Å². The maximum absolute atomic E-state index is 11.4. The lowest BCUT2D eigenvalue weighted by Crippen LogP contribution is -2.30. The van der Waals surface area contributed by atoms with Gasteiger partial charge in [-0.3, -0.25) is 4.79 Å². The minimum Gasteiger partial charge on any atom is -0.497 e. The molecule has 2 atom stereocenters. The molecule has 6 nitrogen and oxygen atoms in total. The highest BCUT2D eigenvalue weighted by Crippen LogP contribution is 2.27.